The number of aliphatic carboxylic acids is 1. The first kappa shape index (κ1) is 15.8. The van der Waals surface area contributed by atoms with Crippen LogP contribution in [-0.2, 0) is 4.79 Å². The van der Waals surface area contributed by atoms with Crippen LogP contribution in [0.15, 0.2) is 22.7 Å². The van der Waals surface area contributed by atoms with Crippen LogP contribution in [0.3, 0.4) is 0 Å². The zero-order chi connectivity index (χ0) is 15.4. The molecule has 0 aromatic heterocycles. The molecule has 1 aromatic carbocycles. The number of halogens is 1. The van der Waals surface area contributed by atoms with E-state index in [0.717, 1.165) is 10.9 Å². The predicted molar refractivity (Wildman–Crippen MR) is 81.6 cm³/mol. The molecule has 0 aliphatic carbocycles. The van der Waals surface area contributed by atoms with Gasteiger partial charge < -0.3 is 14.7 Å². The first-order valence-corrected chi connectivity index (χ1v) is 7.65. The molecule has 1 unspecified atom stereocenters. The number of carboxylic acids is 1. The number of carboxylic acid groups (broad SMARTS) is 1. The van der Waals surface area contributed by atoms with Crippen molar-refractivity contribution in [3.8, 4) is 5.75 Å². The smallest absolute Gasteiger partial charge is 0.303 e. The number of likely N-dealkylation sites (tertiary alicyclic amines) is 1. The largest absolute Gasteiger partial charge is 0.497 e. The Hall–Kier alpha value is -1.56. The number of amides is 1. The van der Waals surface area contributed by atoms with Gasteiger partial charge in [0.1, 0.15) is 5.75 Å². The summed E-state index contributed by atoms with van der Waals surface area (Å²) in [6.07, 6.45) is 1.65. The summed E-state index contributed by atoms with van der Waals surface area (Å²) in [6.45, 7) is 1.29. The SMILES string of the molecule is COc1ccc(Br)c(C(=O)N2CCC(CCC(=O)O)C2)c1. The van der Waals surface area contributed by atoms with Gasteiger partial charge in [0.2, 0.25) is 0 Å². The molecule has 6 heteroatoms. The van der Waals surface area contributed by atoms with E-state index in [9.17, 15) is 9.59 Å². The topological polar surface area (TPSA) is 66.8 Å². The normalized spacial score (nSPS) is 17.8. The molecule has 1 aliphatic rings. The van der Waals surface area contributed by atoms with Crippen LogP contribution in [0.2, 0.25) is 0 Å². The van der Waals surface area contributed by atoms with Gasteiger partial charge >= 0.3 is 5.97 Å². The zero-order valence-corrected chi connectivity index (χ0v) is 13.4. The van der Waals surface area contributed by atoms with Crippen molar-refractivity contribution >= 4 is 27.8 Å². The molecule has 1 atom stereocenters. The molecule has 114 valence electrons. The lowest BCUT2D eigenvalue weighted by Gasteiger charge is -2.18. The highest BCUT2D eigenvalue weighted by atomic mass is 79.9. The van der Waals surface area contributed by atoms with Gasteiger partial charge in [-0.3, -0.25) is 9.59 Å². The Morgan fingerprint density at radius 1 is 1.48 bits per heavy atom. The molecule has 1 aromatic rings. The van der Waals surface area contributed by atoms with Crippen LogP contribution < -0.4 is 4.74 Å². The summed E-state index contributed by atoms with van der Waals surface area (Å²) in [5.41, 5.74) is 0.577. The molecule has 1 aliphatic heterocycles. The molecule has 0 saturated carbocycles. The van der Waals surface area contributed by atoms with Crippen LogP contribution in [0, 0.1) is 5.92 Å². The Bertz CT molecular complexity index is 546. The second-order valence-corrected chi connectivity index (χ2v) is 6.04. The van der Waals surface area contributed by atoms with Crippen LogP contribution in [0.25, 0.3) is 0 Å². The number of carbonyl (C=O) groups is 2. The number of hydrogen-bond donors (Lipinski definition) is 1. The van der Waals surface area contributed by atoms with Crippen molar-refractivity contribution < 1.29 is 19.4 Å². The van der Waals surface area contributed by atoms with E-state index in [0.29, 0.717) is 30.8 Å². The number of ether oxygens (including phenoxy) is 1. The Labute approximate surface area is 132 Å². The molecule has 0 bridgehead atoms. The van der Waals surface area contributed by atoms with E-state index in [1.807, 2.05) is 0 Å². The minimum absolute atomic E-state index is 0.0430. The Balaban J connectivity index is 2.03. The molecule has 0 spiro atoms. The lowest BCUT2D eigenvalue weighted by atomic mass is 10.0. The molecule has 1 amide bonds. The zero-order valence-electron chi connectivity index (χ0n) is 11.8. The minimum atomic E-state index is -0.782. The summed E-state index contributed by atoms with van der Waals surface area (Å²) >= 11 is 3.39. The number of benzene rings is 1. The van der Waals surface area contributed by atoms with Crippen LogP contribution in [-0.4, -0.2) is 42.1 Å². The quantitative estimate of drug-likeness (QED) is 0.881. The van der Waals surface area contributed by atoms with E-state index >= 15 is 0 Å². The van der Waals surface area contributed by atoms with Crippen molar-refractivity contribution in [1.29, 1.82) is 0 Å². The van der Waals surface area contributed by atoms with Crippen LogP contribution in [0.4, 0.5) is 0 Å². The van der Waals surface area contributed by atoms with Gasteiger partial charge in [-0.25, -0.2) is 0 Å². The van der Waals surface area contributed by atoms with E-state index in [1.165, 1.54) is 0 Å². The van der Waals surface area contributed by atoms with Gasteiger partial charge in [0, 0.05) is 24.0 Å². The third-order valence-electron chi connectivity index (χ3n) is 3.74. The molecule has 0 radical (unpaired) electrons. The average Bonchev–Trinajstić information content (AvgIpc) is 2.94. The van der Waals surface area contributed by atoms with Gasteiger partial charge in [-0.15, -0.1) is 0 Å². The second kappa shape index (κ2) is 6.93. The number of nitrogens with zero attached hydrogens (tertiary/aromatic N) is 1. The van der Waals surface area contributed by atoms with Gasteiger partial charge in [0.05, 0.1) is 12.7 Å². The summed E-state index contributed by atoms with van der Waals surface area (Å²) in [6, 6.07) is 5.31. The third-order valence-corrected chi connectivity index (χ3v) is 4.43. The summed E-state index contributed by atoms with van der Waals surface area (Å²) < 4.78 is 5.89. The minimum Gasteiger partial charge on any atom is -0.497 e. The third kappa shape index (κ3) is 3.97. The van der Waals surface area contributed by atoms with Crippen LogP contribution in [0.1, 0.15) is 29.6 Å². The predicted octanol–water partition coefficient (Wildman–Crippen LogP) is 2.78. The number of methoxy groups -OCH3 is 1. The Morgan fingerprint density at radius 3 is 2.90 bits per heavy atom. The van der Waals surface area contributed by atoms with Gasteiger partial charge in [0.25, 0.3) is 5.91 Å². The summed E-state index contributed by atoms with van der Waals surface area (Å²) in [4.78, 5) is 24.9. The number of rotatable bonds is 5. The van der Waals surface area contributed by atoms with Gasteiger partial charge in [0.15, 0.2) is 0 Å². The second-order valence-electron chi connectivity index (χ2n) is 5.18. The van der Waals surface area contributed by atoms with E-state index in [-0.39, 0.29) is 18.2 Å². The number of carbonyl (C=O) groups excluding carboxylic acids is 1. The van der Waals surface area contributed by atoms with Crippen molar-refractivity contribution in [2.75, 3.05) is 20.2 Å². The van der Waals surface area contributed by atoms with Crippen LogP contribution in [0.5, 0.6) is 5.75 Å². The maximum absolute atomic E-state index is 12.5. The fourth-order valence-electron chi connectivity index (χ4n) is 2.55. The Morgan fingerprint density at radius 2 is 2.24 bits per heavy atom. The molecule has 21 heavy (non-hydrogen) atoms. The van der Waals surface area contributed by atoms with Crippen molar-refractivity contribution in [1.82, 2.24) is 4.90 Å². The standard InChI is InChI=1S/C15H18BrNO4/c1-21-11-3-4-13(16)12(8-11)15(20)17-7-6-10(9-17)2-5-14(18)19/h3-4,8,10H,2,5-7,9H2,1H3,(H,18,19). The first-order valence-electron chi connectivity index (χ1n) is 6.86. The van der Waals surface area contributed by atoms with Crippen molar-refractivity contribution in [2.24, 2.45) is 5.92 Å². The maximum Gasteiger partial charge on any atom is 0.303 e. The maximum atomic E-state index is 12.5. The van der Waals surface area contributed by atoms with Crippen molar-refractivity contribution in [3.63, 3.8) is 0 Å². The first-order chi connectivity index (χ1) is 10.0. The number of hydrogen-bond acceptors (Lipinski definition) is 3. The molecule has 5 nitrogen and oxygen atoms in total. The fourth-order valence-corrected chi connectivity index (χ4v) is 2.96. The fraction of sp³-hybridized carbons (Fsp3) is 0.467. The average molecular weight is 356 g/mol. The monoisotopic (exact) mass is 355 g/mol. The molecular weight excluding hydrogens is 338 g/mol. The van der Waals surface area contributed by atoms with Gasteiger partial charge in [-0.1, -0.05) is 0 Å². The molecule has 2 rings (SSSR count). The summed E-state index contributed by atoms with van der Waals surface area (Å²) in [5.74, 6) is 0.0894. The molecular formula is C15H18BrNO4. The summed E-state index contributed by atoms with van der Waals surface area (Å²) in [7, 11) is 1.56. The highest BCUT2D eigenvalue weighted by molar-refractivity contribution is 9.10. The molecule has 1 heterocycles. The highest BCUT2D eigenvalue weighted by Crippen LogP contribution is 2.27. The van der Waals surface area contributed by atoms with E-state index in [4.69, 9.17) is 9.84 Å². The van der Waals surface area contributed by atoms with E-state index < -0.39 is 5.97 Å². The Kier molecular flexibility index (Phi) is 5.22. The van der Waals surface area contributed by atoms with Crippen LogP contribution >= 0.6 is 15.9 Å². The van der Waals surface area contributed by atoms with Crippen molar-refractivity contribution in [2.45, 2.75) is 19.3 Å². The lowest BCUT2D eigenvalue weighted by molar-refractivity contribution is -0.137. The van der Waals surface area contributed by atoms with E-state index in [2.05, 4.69) is 15.9 Å². The van der Waals surface area contributed by atoms with Gasteiger partial charge in [-0.2, -0.15) is 0 Å². The molecule has 1 fully saturated rings. The lowest BCUT2D eigenvalue weighted by Crippen LogP contribution is -2.29. The van der Waals surface area contributed by atoms with E-state index in [1.54, 1.807) is 30.2 Å². The molecule has 1 saturated heterocycles. The molecule has 1 N–H and O–H groups in total. The summed E-state index contributed by atoms with van der Waals surface area (Å²) in [5, 5.41) is 8.72. The highest BCUT2D eigenvalue weighted by Gasteiger charge is 2.28. The van der Waals surface area contributed by atoms with Crippen molar-refractivity contribution in [3.05, 3.63) is 28.2 Å². The van der Waals surface area contributed by atoms with Gasteiger partial charge in [-0.05, 0) is 52.9 Å².